The molecule has 1 N–H and O–H groups in total. The number of hydrogen-bond acceptors (Lipinski definition) is 5. The molecule has 1 aromatic rings. The van der Waals surface area contributed by atoms with Crippen molar-refractivity contribution in [1.82, 2.24) is 10.2 Å². The molecule has 1 amide bonds. The number of thiophene rings is 1. The quantitative estimate of drug-likeness (QED) is 0.656. The first-order chi connectivity index (χ1) is 10.0. The van der Waals surface area contributed by atoms with Gasteiger partial charge in [0.1, 0.15) is 0 Å². The van der Waals surface area contributed by atoms with Crippen molar-refractivity contribution in [2.75, 3.05) is 26.7 Å². The number of halogens is 1. The summed E-state index contributed by atoms with van der Waals surface area (Å²) in [5, 5.41) is 14.0. The van der Waals surface area contributed by atoms with Crippen LogP contribution in [0.25, 0.3) is 0 Å². The minimum absolute atomic E-state index is 0. The summed E-state index contributed by atoms with van der Waals surface area (Å²) in [5.41, 5.74) is 0.0484. The number of carbonyl (C=O) groups is 1. The second-order valence-corrected chi connectivity index (χ2v) is 6.69. The largest absolute Gasteiger partial charge is 0.338 e. The van der Waals surface area contributed by atoms with Crippen molar-refractivity contribution in [2.24, 2.45) is 5.92 Å². The third kappa shape index (κ3) is 4.41. The lowest BCUT2D eigenvalue weighted by atomic mass is 9.93. The first-order valence-corrected chi connectivity index (χ1v) is 8.03. The number of piperidine rings is 1. The highest BCUT2D eigenvalue weighted by Crippen LogP contribution is 2.30. The third-order valence-electron chi connectivity index (χ3n) is 4.00. The third-order valence-corrected chi connectivity index (χ3v) is 5.03. The van der Waals surface area contributed by atoms with E-state index in [-0.39, 0.29) is 24.0 Å². The van der Waals surface area contributed by atoms with Gasteiger partial charge in [0.2, 0.25) is 0 Å². The molecule has 0 saturated carbocycles. The van der Waals surface area contributed by atoms with Gasteiger partial charge >= 0.3 is 0 Å². The lowest BCUT2D eigenvalue weighted by Crippen LogP contribution is -2.38. The molecule has 8 heteroatoms. The molecule has 0 unspecified atom stereocenters. The van der Waals surface area contributed by atoms with Gasteiger partial charge in [0.15, 0.2) is 0 Å². The van der Waals surface area contributed by atoms with Gasteiger partial charge in [-0.2, -0.15) is 0 Å². The zero-order chi connectivity index (χ0) is 15.4. The predicted molar refractivity (Wildman–Crippen MR) is 90.1 cm³/mol. The molecule has 0 atom stereocenters. The van der Waals surface area contributed by atoms with E-state index in [0.717, 1.165) is 38.9 Å². The van der Waals surface area contributed by atoms with Crippen LogP contribution in [0.15, 0.2) is 6.07 Å². The summed E-state index contributed by atoms with van der Waals surface area (Å²) in [6, 6.07) is 1.41. The Morgan fingerprint density at radius 2 is 2.14 bits per heavy atom. The van der Waals surface area contributed by atoms with Gasteiger partial charge in [-0.05, 0) is 45.7 Å². The Bertz CT molecular complexity index is 527. The van der Waals surface area contributed by atoms with Crippen LogP contribution in [0.3, 0.4) is 0 Å². The average Bonchev–Trinajstić information content (AvgIpc) is 2.87. The molecule has 0 aliphatic carbocycles. The van der Waals surface area contributed by atoms with Crippen molar-refractivity contribution in [3.63, 3.8) is 0 Å². The summed E-state index contributed by atoms with van der Waals surface area (Å²) in [6.45, 7) is 4.19. The Hall–Kier alpha value is -1.18. The molecule has 2 rings (SSSR count). The molecule has 22 heavy (non-hydrogen) atoms. The number of likely N-dealkylation sites (tertiary alicyclic amines) is 1. The molecule has 124 valence electrons. The van der Waals surface area contributed by atoms with Crippen LogP contribution in [0.5, 0.6) is 0 Å². The maximum atomic E-state index is 12.4. The maximum Gasteiger partial charge on any atom is 0.283 e. The van der Waals surface area contributed by atoms with Crippen LogP contribution in [0.1, 0.15) is 33.8 Å². The fourth-order valence-electron chi connectivity index (χ4n) is 2.69. The Balaban J connectivity index is 0.00000242. The molecule has 6 nitrogen and oxygen atoms in total. The summed E-state index contributed by atoms with van der Waals surface area (Å²) in [5.74, 6) is 0.601. The van der Waals surface area contributed by atoms with Crippen LogP contribution >= 0.6 is 23.7 Å². The summed E-state index contributed by atoms with van der Waals surface area (Å²) in [7, 11) is 1.95. The lowest BCUT2D eigenvalue weighted by Gasteiger charge is -2.31. The highest BCUT2D eigenvalue weighted by atomic mass is 35.5. The molecule has 0 radical (unpaired) electrons. The lowest BCUT2D eigenvalue weighted by molar-refractivity contribution is -0.385. The predicted octanol–water partition coefficient (Wildman–Crippen LogP) is 2.85. The van der Waals surface area contributed by atoms with Crippen molar-refractivity contribution in [3.8, 4) is 0 Å². The second kappa shape index (κ2) is 8.45. The molecule has 1 aliphatic heterocycles. The Labute approximate surface area is 140 Å². The van der Waals surface area contributed by atoms with Gasteiger partial charge in [0.25, 0.3) is 11.6 Å². The first-order valence-electron chi connectivity index (χ1n) is 7.21. The summed E-state index contributed by atoms with van der Waals surface area (Å²) in [6.07, 6.45) is 3.17. The van der Waals surface area contributed by atoms with E-state index in [9.17, 15) is 14.9 Å². The second-order valence-electron chi connectivity index (χ2n) is 5.44. The first kappa shape index (κ1) is 18.9. The number of nitrogens with zero attached hydrogens (tertiary/aromatic N) is 2. The van der Waals surface area contributed by atoms with E-state index in [0.29, 0.717) is 15.7 Å². The van der Waals surface area contributed by atoms with Gasteiger partial charge in [-0.15, -0.1) is 23.7 Å². The number of nitrogens with one attached hydrogen (secondary N) is 1. The monoisotopic (exact) mass is 347 g/mol. The number of carbonyl (C=O) groups excluding carboxylic acids is 1. The molecule has 0 spiro atoms. The summed E-state index contributed by atoms with van der Waals surface area (Å²) >= 11 is 1.22. The maximum absolute atomic E-state index is 12.4. The van der Waals surface area contributed by atoms with E-state index in [1.165, 1.54) is 17.4 Å². The fraction of sp³-hybridized carbons (Fsp3) is 0.643. The summed E-state index contributed by atoms with van der Waals surface area (Å²) in [4.78, 5) is 25.7. The van der Waals surface area contributed by atoms with Crippen LogP contribution in [0.4, 0.5) is 5.69 Å². The Morgan fingerprint density at radius 1 is 1.50 bits per heavy atom. The number of hydrogen-bond donors (Lipinski definition) is 1. The zero-order valence-corrected chi connectivity index (χ0v) is 14.5. The van der Waals surface area contributed by atoms with Crippen molar-refractivity contribution in [2.45, 2.75) is 26.2 Å². The standard InChI is InChI=1S/C14H21N3O3S.ClH/c1-10-12(17(19)20)9-13(21-10)14(18)16-7-4-11(5-8-16)3-6-15-2;/h9,11,15H,3-8H2,1-2H3;1H. The van der Waals surface area contributed by atoms with Gasteiger partial charge in [0.05, 0.1) is 14.7 Å². The minimum Gasteiger partial charge on any atom is -0.338 e. The molecule has 0 aromatic carbocycles. The summed E-state index contributed by atoms with van der Waals surface area (Å²) < 4.78 is 0. The molecule has 1 aliphatic rings. The van der Waals surface area contributed by atoms with Crippen LogP contribution < -0.4 is 5.32 Å². The molecule has 1 fully saturated rings. The Morgan fingerprint density at radius 3 is 2.64 bits per heavy atom. The van der Waals surface area contributed by atoms with E-state index in [4.69, 9.17) is 0 Å². The molecule has 1 saturated heterocycles. The van der Waals surface area contributed by atoms with Gasteiger partial charge in [-0.25, -0.2) is 0 Å². The zero-order valence-electron chi connectivity index (χ0n) is 12.8. The topological polar surface area (TPSA) is 75.5 Å². The number of nitro groups is 1. The van der Waals surface area contributed by atoms with Gasteiger partial charge in [-0.3, -0.25) is 14.9 Å². The molecular weight excluding hydrogens is 326 g/mol. The van der Waals surface area contributed by atoms with Crippen molar-refractivity contribution in [1.29, 1.82) is 0 Å². The van der Waals surface area contributed by atoms with Gasteiger partial charge in [0, 0.05) is 19.2 Å². The highest BCUT2D eigenvalue weighted by molar-refractivity contribution is 7.14. The average molecular weight is 348 g/mol. The van der Waals surface area contributed by atoms with Crippen LogP contribution in [-0.2, 0) is 0 Å². The van der Waals surface area contributed by atoms with Crippen molar-refractivity contribution < 1.29 is 9.72 Å². The number of rotatable bonds is 5. The van der Waals surface area contributed by atoms with Gasteiger partial charge < -0.3 is 10.2 Å². The normalized spacial score (nSPS) is 15.5. The molecule has 2 heterocycles. The van der Waals surface area contributed by atoms with E-state index >= 15 is 0 Å². The number of aryl methyl sites for hydroxylation is 1. The van der Waals surface area contributed by atoms with E-state index in [2.05, 4.69) is 5.32 Å². The van der Waals surface area contributed by atoms with Crippen molar-refractivity contribution >= 4 is 35.3 Å². The van der Waals surface area contributed by atoms with Crippen LogP contribution in [-0.4, -0.2) is 42.4 Å². The molecule has 0 bridgehead atoms. The van der Waals surface area contributed by atoms with Crippen LogP contribution in [0, 0.1) is 23.0 Å². The molecular formula is C14H22ClN3O3S. The highest BCUT2D eigenvalue weighted by Gasteiger charge is 2.26. The molecule has 1 aromatic heterocycles. The van der Waals surface area contributed by atoms with E-state index in [1.807, 2.05) is 11.9 Å². The van der Waals surface area contributed by atoms with Crippen LogP contribution in [0.2, 0.25) is 0 Å². The van der Waals surface area contributed by atoms with Crippen molar-refractivity contribution in [3.05, 3.63) is 25.9 Å². The SMILES string of the molecule is CNCCC1CCN(C(=O)c2cc([N+](=O)[O-])c(C)s2)CC1.Cl. The Kier molecular flexibility index (Phi) is 7.25. The van der Waals surface area contributed by atoms with Gasteiger partial charge in [-0.1, -0.05) is 0 Å². The minimum atomic E-state index is -0.424. The number of amides is 1. The fourth-order valence-corrected chi connectivity index (χ4v) is 3.64. The van der Waals surface area contributed by atoms with E-state index in [1.54, 1.807) is 6.92 Å². The smallest absolute Gasteiger partial charge is 0.283 e. The van der Waals surface area contributed by atoms with E-state index < -0.39 is 4.92 Å².